The first-order valence-electron chi connectivity index (χ1n) is 7.02. The molecule has 0 aliphatic rings. The van der Waals surface area contributed by atoms with Crippen molar-refractivity contribution in [3.05, 3.63) is 76.9 Å². The van der Waals surface area contributed by atoms with Crippen LogP contribution in [0, 0.1) is 12.7 Å². The van der Waals surface area contributed by atoms with Gasteiger partial charge in [0.05, 0.1) is 18.2 Å². The summed E-state index contributed by atoms with van der Waals surface area (Å²) < 4.78 is 20.5. The Kier molecular flexibility index (Phi) is 3.67. The minimum Gasteiger partial charge on any atom is -0.465 e. The fraction of sp³-hybridized carbons (Fsp3) is 0.167. The number of pyridine rings is 1. The zero-order valence-electron chi connectivity index (χ0n) is 12.5. The van der Waals surface area contributed by atoms with Crippen molar-refractivity contribution in [3.8, 4) is 0 Å². The summed E-state index contributed by atoms with van der Waals surface area (Å²) in [6, 6.07) is 10.6. The second-order valence-corrected chi connectivity index (χ2v) is 5.21. The molecule has 0 spiro atoms. The van der Waals surface area contributed by atoms with Crippen LogP contribution in [0.4, 0.5) is 4.39 Å². The van der Waals surface area contributed by atoms with Crippen LogP contribution in [-0.4, -0.2) is 17.5 Å². The lowest BCUT2D eigenvalue weighted by Gasteiger charge is -2.07. The summed E-state index contributed by atoms with van der Waals surface area (Å²) in [5.74, 6) is -0.612. The van der Waals surface area contributed by atoms with E-state index >= 15 is 0 Å². The quantitative estimate of drug-likeness (QED) is 0.689. The molecule has 1 aromatic carbocycles. The maximum absolute atomic E-state index is 13.7. The largest absolute Gasteiger partial charge is 0.465 e. The number of halogens is 1. The van der Waals surface area contributed by atoms with Crippen molar-refractivity contribution in [2.45, 2.75) is 13.3 Å². The normalized spacial score (nSPS) is 10.9. The maximum atomic E-state index is 13.7. The number of hydrogen-bond acceptors (Lipinski definition) is 2. The lowest BCUT2D eigenvalue weighted by atomic mass is 9.99. The van der Waals surface area contributed by atoms with E-state index in [2.05, 4.69) is 0 Å². The van der Waals surface area contributed by atoms with E-state index in [4.69, 9.17) is 4.74 Å². The van der Waals surface area contributed by atoms with E-state index in [1.54, 1.807) is 13.0 Å². The Morgan fingerprint density at radius 2 is 2.00 bits per heavy atom. The Morgan fingerprint density at radius 1 is 1.18 bits per heavy atom. The number of nitrogens with zero attached hydrogens (tertiary/aromatic N) is 1. The van der Waals surface area contributed by atoms with Crippen molar-refractivity contribution in [3.63, 3.8) is 0 Å². The molecule has 0 aliphatic heterocycles. The highest BCUT2D eigenvalue weighted by molar-refractivity contribution is 5.99. The Bertz CT molecular complexity index is 851. The summed E-state index contributed by atoms with van der Waals surface area (Å²) in [6.07, 6.45) is 4.26. The van der Waals surface area contributed by atoms with Gasteiger partial charge in [-0.25, -0.2) is 9.18 Å². The van der Waals surface area contributed by atoms with E-state index in [1.807, 2.05) is 41.1 Å². The number of hydrogen-bond donors (Lipinski definition) is 0. The van der Waals surface area contributed by atoms with Crippen LogP contribution in [0.15, 0.2) is 48.8 Å². The second kappa shape index (κ2) is 5.64. The molecule has 0 N–H and O–H groups in total. The topological polar surface area (TPSA) is 30.7 Å². The van der Waals surface area contributed by atoms with Gasteiger partial charge in [0.1, 0.15) is 5.82 Å². The van der Waals surface area contributed by atoms with Crippen LogP contribution in [0.2, 0.25) is 0 Å². The third-order valence-corrected chi connectivity index (χ3v) is 3.91. The smallest absolute Gasteiger partial charge is 0.340 e. The summed E-state index contributed by atoms with van der Waals surface area (Å²) in [4.78, 5) is 12.1. The molecule has 3 aromatic rings. The van der Waals surface area contributed by atoms with Crippen molar-refractivity contribution in [2.24, 2.45) is 0 Å². The van der Waals surface area contributed by atoms with Crippen molar-refractivity contribution in [2.75, 3.05) is 7.11 Å². The van der Waals surface area contributed by atoms with Crippen LogP contribution >= 0.6 is 0 Å². The standard InChI is InChI=1S/C18H16FNO2/c1-12-13(6-5-7-15(12)19)10-14-11-20-9-4-3-8-16(20)17(14)18(21)22-2/h3-9,11H,10H2,1-2H3. The van der Waals surface area contributed by atoms with E-state index in [0.29, 0.717) is 17.5 Å². The van der Waals surface area contributed by atoms with Gasteiger partial charge in [-0.3, -0.25) is 0 Å². The van der Waals surface area contributed by atoms with Crippen LogP contribution in [0.3, 0.4) is 0 Å². The zero-order chi connectivity index (χ0) is 15.7. The van der Waals surface area contributed by atoms with Gasteiger partial charge in [-0.15, -0.1) is 0 Å². The Hall–Kier alpha value is -2.62. The van der Waals surface area contributed by atoms with Gasteiger partial charge in [0.2, 0.25) is 0 Å². The van der Waals surface area contributed by atoms with Gasteiger partial charge in [0.15, 0.2) is 0 Å². The van der Waals surface area contributed by atoms with Crippen molar-refractivity contribution in [1.82, 2.24) is 4.40 Å². The second-order valence-electron chi connectivity index (χ2n) is 5.21. The van der Waals surface area contributed by atoms with Crippen LogP contribution in [-0.2, 0) is 11.2 Å². The average Bonchev–Trinajstić information content (AvgIpc) is 2.89. The van der Waals surface area contributed by atoms with Crippen LogP contribution in [0.1, 0.15) is 27.0 Å². The van der Waals surface area contributed by atoms with E-state index < -0.39 is 0 Å². The predicted molar refractivity (Wildman–Crippen MR) is 82.7 cm³/mol. The first kappa shape index (κ1) is 14.3. The number of rotatable bonds is 3. The van der Waals surface area contributed by atoms with Gasteiger partial charge in [-0.05, 0) is 41.8 Å². The van der Waals surface area contributed by atoms with Gasteiger partial charge in [-0.2, -0.15) is 0 Å². The number of ether oxygens (including phenoxy) is 1. The molecule has 0 atom stereocenters. The Balaban J connectivity index is 2.14. The molecule has 22 heavy (non-hydrogen) atoms. The van der Waals surface area contributed by atoms with Crippen LogP contribution in [0.5, 0.6) is 0 Å². The minimum absolute atomic E-state index is 0.235. The van der Waals surface area contributed by atoms with E-state index in [0.717, 1.165) is 16.6 Å². The third-order valence-electron chi connectivity index (χ3n) is 3.91. The SMILES string of the molecule is COC(=O)c1c(Cc2cccc(F)c2C)cn2ccccc12. The number of esters is 1. The number of benzene rings is 1. The van der Waals surface area contributed by atoms with Crippen LogP contribution < -0.4 is 0 Å². The third kappa shape index (κ3) is 2.37. The summed E-state index contributed by atoms with van der Waals surface area (Å²) in [5.41, 5.74) is 3.62. The lowest BCUT2D eigenvalue weighted by Crippen LogP contribution is -2.05. The highest BCUT2D eigenvalue weighted by Crippen LogP contribution is 2.24. The van der Waals surface area contributed by atoms with Crippen molar-refractivity contribution in [1.29, 1.82) is 0 Å². The molecule has 0 saturated carbocycles. The van der Waals surface area contributed by atoms with Gasteiger partial charge in [-0.1, -0.05) is 18.2 Å². The molecule has 0 radical (unpaired) electrons. The first-order chi connectivity index (χ1) is 10.6. The number of carbonyl (C=O) groups excluding carboxylic acids is 1. The molecule has 3 nitrogen and oxygen atoms in total. The van der Waals surface area contributed by atoms with Crippen molar-refractivity contribution < 1.29 is 13.9 Å². The molecular formula is C18H16FNO2. The predicted octanol–water partition coefficient (Wildman–Crippen LogP) is 3.76. The molecule has 3 rings (SSSR count). The Labute approximate surface area is 128 Å². The summed E-state index contributed by atoms with van der Waals surface area (Å²) in [7, 11) is 1.37. The van der Waals surface area contributed by atoms with E-state index in [1.165, 1.54) is 13.2 Å². The van der Waals surface area contributed by atoms with Gasteiger partial charge in [0.25, 0.3) is 0 Å². The summed E-state index contributed by atoms with van der Waals surface area (Å²) in [6.45, 7) is 1.75. The number of methoxy groups -OCH3 is 1. The summed E-state index contributed by atoms with van der Waals surface area (Å²) >= 11 is 0. The van der Waals surface area contributed by atoms with Gasteiger partial charge >= 0.3 is 5.97 Å². The molecule has 112 valence electrons. The number of aromatic nitrogens is 1. The Morgan fingerprint density at radius 3 is 2.77 bits per heavy atom. The average molecular weight is 297 g/mol. The fourth-order valence-corrected chi connectivity index (χ4v) is 2.70. The highest BCUT2D eigenvalue weighted by atomic mass is 19.1. The van der Waals surface area contributed by atoms with Gasteiger partial charge < -0.3 is 9.14 Å². The lowest BCUT2D eigenvalue weighted by molar-refractivity contribution is 0.0602. The first-order valence-corrected chi connectivity index (χ1v) is 7.02. The molecule has 2 heterocycles. The molecule has 0 fully saturated rings. The van der Waals surface area contributed by atoms with Crippen LogP contribution in [0.25, 0.3) is 5.52 Å². The zero-order valence-corrected chi connectivity index (χ0v) is 12.5. The molecule has 0 bridgehead atoms. The van der Waals surface area contributed by atoms with Crippen molar-refractivity contribution >= 4 is 11.5 Å². The minimum atomic E-state index is -0.377. The molecular weight excluding hydrogens is 281 g/mol. The van der Waals surface area contributed by atoms with E-state index in [9.17, 15) is 9.18 Å². The van der Waals surface area contributed by atoms with E-state index in [-0.39, 0.29) is 11.8 Å². The molecule has 2 aromatic heterocycles. The number of carbonyl (C=O) groups is 1. The molecule has 4 heteroatoms. The van der Waals surface area contributed by atoms with Gasteiger partial charge in [0, 0.05) is 18.8 Å². The summed E-state index contributed by atoms with van der Waals surface area (Å²) in [5, 5.41) is 0. The molecule has 0 unspecified atom stereocenters. The maximum Gasteiger partial charge on any atom is 0.340 e. The molecule has 0 amide bonds. The molecule has 0 aliphatic carbocycles. The monoisotopic (exact) mass is 297 g/mol. The highest BCUT2D eigenvalue weighted by Gasteiger charge is 2.19. The fourth-order valence-electron chi connectivity index (χ4n) is 2.70. The molecule has 0 saturated heterocycles. The number of fused-ring (bicyclic) bond motifs is 1.